The van der Waals surface area contributed by atoms with Crippen LogP contribution in [0.15, 0.2) is 24.3 Å². The van der Waals surface area contributed by atoms with Gasteiger partial charge in [-0.2, -0.15) is 0 Å². The third-order valence-electron chi connectivity index (χ3n) is 2.91. The number of ether oxygens (including phenoxy) is 2. The largest absolute Gasteiger partial charge is 0.491 e. The summed E-state index contributed by atoms with van der Waals surface area (Å²) in [6, 6.07) is 7.15. The van der Waals surface area contributed by atoms with E-state index in [1.807, 2.05) is 6.07 Å². The van der Waals surface area contributed by atoms with E-state index in [4.69, 9.17) is 9.47 Å². The minimum atomic E-state index is -0.284. The summed E-state index contributed by atoms with van der Waals surface area (Å²) in [6.45, 7) is 3.39. The van der Waals surface area contributed by atoms with Gasteiger partial charge in [0.15, 0.2) is 0 Å². The Bertz CT molecular complexity index is 472. The molecule has 0 atom stereocenters. The molecule has 19 heavy (non-hydrogen) atoms. The molecular weight excluding hydrogens is 246 g/mol. The van der Waals surface area contributed by atoms with Crippen LogP contribution >= 0.6 is 0 Å². The van der Waals surface area contributed by atoms with Crippen LogP contribution in [-0.2, 0) is 9.53 Å². The van der Waals surface area contributed by atoms with Crippen LogP contribution in [0.3, 0.4) is 0 Å². The molecule has 0 unspecified atom stereocenters. The number of benzene rings is 1. The van der Waals surface area contributed by atoms with Gasteiger partial charge in [-0.15, -0.1) is 0 Å². The predicted molar refractivity (Wildman–Crippen MR) is 69.1 cm³/mol. The van der Waals surface area contributed by atoms with Gasteiger partial charge >= 0.3 is 5.97 Å². The lowest BCUT2D eigenvalue weighted by Gasteiger charge is -2.19. The quantitative estimate of drug-likeness (QED) is 0.772. The van der Waals surface area contributed by atoms with Gasteiger partial charge in [0.25, 0.3) is 5.91 Å². The molecule has 1 aliphatic rings. The van der Waals surface area contributed by atoms with Crippen molar-refractivity contribution in [1.82, 2.24) is 4.90 Å². The second kappa shape index (κ2) is 6.22. The van der Waals surface area contributed by atoms with Crippen molar-refractivity contribution in [1.29, 1.82) is 0 Å². The number of amides is 1. The number of hydrogen-bond donors (Lipinski definition) is 0. The zero-order valence-corrected chi connectivity index (χ0v) is 10.9. The highest BCUT2D eigenvalue weighted by Gasteiger charge is 2.23. The number of nitrogens with zero attached hydrogens (tertiary/aromatic N) is 1. The van der Waals surface area contributed by atoms with Crippen LogP contribution in [0.2, 0.25) is 0 Å². The number of carbonyl (C=O) groups is 2. The maximum Gasteiger partial charge on any atom is 0.307 e. The van der Waals surface area contributed by atoms with Crippen LogP contribution in [-0.4, -0.2) is 43.1 Å². The molecule has 2 rings (SSSR count). The topological polar surface area (TPSA) is 55.8 Å². The minimum absolute atomic E-state index is 0.0996. The highest BCUT2D eigenvalue weighted by Crippen LogP contribution is 2.22. The summed E-state index contributed by atoms with van der Waals surface area (Å²) >= 11 is 0. The molecule has 0 spiro atoms. The number of esters is 1. The molecule has 0 saturated carbocycles. The van der Waals surface area contributed by atoms with Crippen molar-refractivity contribution in [2.75, 3.05) is 26.3 Å². The summed E-state index contributed by atoms with van der Waals surface area (Å²) in [4.78, 5) is 25.3. The Balaban J connectivity index is 2.03. The average Bonchev–Trinajstić information content (AvgIpc) is 2.57. The van der Waals surface area contributed by atoms with Gasteiger partial charge in [0.2, 0.25) is 0 Å². The van der Waals surface area contributed by atoms with E-state index in [1.54, 1.807) is 30.0 Å². The number of hydrogen-bond acceptors (Lipinski definition) is 4. The van der Waals surface area contributed by atoms with Crippen LogP contribution in [0.25, 0.3) is 0 Å². The van der Waals surface area contributed by atoms with Gasteiger partial charge in [0, 0.05) is 6.54 Å². The van der Waals surface area contributed by atoms with E-state index < -0.39 is 0 Å². The van der Waals surface area contributed by atoms with Crippen molar-refractivity contribution >= 4 is 11.9 Å². The molecule has 1 aliphatic heterocycles. The van der Waals surface area contributed by atoms with Crippen LogP contribution in [0.5, 0.6) is 5.75 Å². The number of rotatable bonds is 4. The van der Waals surface area contributed by atoms with E-state index in [0.29, 0.717) is 37.6 Å². The van der Waals surface area contributed by atoms with Crippen LogP contribution in [0.1, 0.15) is 23.7 Å². The summed E-state index contributed by atoms with van der Waals surface area (Å²) in [7, 11) is 0. The van der Waals surface area contributed by atoms with Gasteiger partial charge in [0.1, 0.15) is 12.4 Å². The molecule has 102 valence electrons. The average molecular weight is 263 g/mol. The van der Waals surface area contributed by atoms with Crippen LogP contribution in [0.4, 0.5) is 0 Å². The van der Waals surface area contributed by atoms with Crippen molar-refractivity contribution in [2.45, 2.75) is 13.3 Å². The zero-order valence-electron chi connectivity index (χ0n) is 10.9. The first-order valence-electron chi connectivity index (χ1n) is 6.39. The van der Waals surface area contributed by atoms with Gasteiger partial charge in [-0.3, -0.25) is 9.59 Å². The van der Waals surface area contributed by atoms with Crippen molar-refractivity contribution in [2.24, 2.45) is 0 Å². The molecular formula is C14H17NO4. The molecule has 5 heteroatoms. The third kappa shape index (κ3) is 3.24. The number of carbonyl (C=O) groups excluding carboxylic acids is 2. The normalized spacial score (nSPS) is 14.4. The fourth-order valence-corrected chi connectivity index (χ4v) is 1.98. The fraction of sp³-hybridized carbons (Fsp3) is 0.429. The zero-order chi connectivity index (χ0) is 13.7. The van der Waals surface area contributed by atoms with Gasteiger partial charge < -0.3 is 14.4 Å². The highest BCUT2D eigenvalue weighted by molar-refractivity contribution is 5.97. The van der Waals surface area contributed by atoms with E-state index in [2.05, 4.69) is 0 Å². The molecule has 0 aliphatic carbocycles. The van der Waals surface area contributed by atoms with Crippen molar-refractivity contribution < 1.29 is 19.1 Å². The Kier molecular flexibility index (Phi) is 4.39. The Morgan fingerprint density at radius 2 is 2.21 bits per heavy atom. The second-order valence-electron chi connectivity index (χ2n) is 4.19. The van der Waals surface area contributed by atoms with E-state index in [-0.39, 0.29) is 18.3 Å². The van der Waals surface area contributed by atoms with Gasteiger partial charge in [0.05, 0.1) is 25.1 Å². The molecule has 0 radical (unpaired) electrons. The standard InChI is InChI=1S/C14H17NO4/c1-2-18-13(16)7-8-15-9-10-19-12-6-4-3-5-11(12)14(15)17/h3-6H,2,7-10H2,1H3. The fourth-order valence-electron chi connectivity index (χ4n) is 1.98. The minimum Gasteiger partial charge on any atom is -0.491 e. The van der Waals surface area contributed by atoms with Crippen molar-refractivity contribution in [3.63, 3.8) is 0 Å². The highest BCUT2D eigenvalue weighted by atomic mass is 16.5. The van der Waals surface area contributed by atoms with Gasteiger partial charge in [-0.1, -0.05) is 12.1 Å². The Morgan fingerprint density at radius 3 is 3.00 bits per heavy atom. The van der Waals surface area contributed by atoms with Gasteiger partial charge in [-0.05, 0) is 19.1 Å². The SMILES string of the molecule is CCOC(=O)CCN1CCOc2ccccc2C1=O. The molecule has 1 aromatic carbocycles. The van der Waals surface area contributed by atoms with E-state index in [9.17, 15) is 9.59 Å². The first-order chi connectivity index (χ1) is 9.22. The van der Waals surface area contributed by atoms with E-state index in [0.717, 1.165) is 0 Å². The monoisotopic (exact) mass is 263 g/mol. The summed E-state index contributed by atoms with van der Waals surface area (Å²) in [5, 5.41) is 0. The molecule has 0 bridgehead atoms. The molecule has 0 N–H and O–H groups in total. The van der Waals surface area contributed by atoms with Crippen LogP contribution in [0, 0.1) is 0 Å². The lowest BCUT2D eigenvalue weighted by Crippen LogP contribution is -2.34. The maximum atomic E-state index is 12.3. The lowest BCUT2D eigenvalue weighted by atomic mass is 10.2. The van der Waals surface area contributed by atoms with Crippen molar-refractivity contribution in [3.8, 4) is 5.75 Å². The Labute approximate surface area is 112 Å². The molecule has 0 saturated heterocycles. The second-order valence-corrected chi connectivity index (χ2v) is 4.19. The molecule has 0 fully saturated rings. The summed E-state index contributed by atoms with van der Waals surface area (Å²) in [5.41, 5.74) is 0.545. The van der Waals surface area contributed by atoms with Crippen LogP contribution < -0.4 is 4.74 Å². The molecule has 0 aromatic heterocycles. The lowest BCUT2D eigenvalue weighted by molar-refractivity contribution is -0.143. The molecule has 1 aromatic rings. The third-order valence-corrected chi connectivity index (χ3v) is 2.91. The molecule has 1 amide bonds. The Morgan fingerprint density at radius 1 is 1.42 bits per heavy atom. The van der Waals surface area contributed by atoms with E-state index in [1.165, 1.54) is 0 Å². The summed E-state index contributed by atoms with van der Waals surface area (Å²) in [6.07, 6.45) is 0.210. The predicted octanol–water partition coefficient (Wildman–Crippen LogP) is 1.47. The Hall–Kier alpha value is -2.04. The maximum absolute atomic E-state index is 12.3. The first-order valence-corrected chi connectivity index (χ1v) is 6.39. The first kappa shape index (κ1) is 13.4. The number of para-hydroxylation sites is 1. The smallest absolute Gasteiger partial charge is 0.307 e. The van der Waals surface area contributed by atoms with Gasteiger partial charge in [-0.25, -0.2) is 0 Å². The number of fused-ring (bicyclic) bond motifs is 1. The summed E-state index contributed by atoms with van der Waals surface area (Å²) < 4.78 is 10.4. The van der Waals surface area contributed by atoms with E-state index >= 15 is 0 Å². The van der Waals surface area contributed by atoms with Crippen molar-refractivity contribution in [3.05, 3.63) is 29.8 Å². The summed E-state index contributed by atoms with van der Waals surface area (Å²) in [5.74, 6) is 0.220. The molecule has 5 nitrogen and oxygen atoms in total. The molecule has 1 heterocycles.